The molecule has 29 heavy (non-hydrogen) atoms. The third kappa shape index (κ3) is 5.64. The Labute approximate surface area is 176 Å². The largest absolute Gasteiger partial charge is 0.259 e. The third-order valence-corrected chi connectivity index (χ3v) is 6.57. The van der Waals surface area contributed by atoms with Crippen molar-refractivity contribution >= 4 is 21.6 Å². The molecule has 0 spiro atoms. The summed E-state index contributed by atoms with van der Waals surface area (Å²) in [5.41, 5.74) is 2.18. The van der Waals surface area contributed by atoms with Crippen molar-refractivity contribution in [3.05, 3.63) is 94.8 Å². The molecule has 0 aliphatic rings. The molecule has 0 aliphatic heterocycles. The monoisotopic (exact) mass is 425 g/mol. The molecule has 0 fully saturated rings. The highest BCUT2D eigenvalue weighted by Gasteiger charge is 2.24. The molecule has 2 aromatic carbocycles. The van der Waals surface area contributed by atoms with E-state index in [0.29, 0.717) is 29.2 Å². The van der Waals surface area contributed by atoms with Gasteiger partial charge < -0.3 is 0 Å². The fourth-order valence-electron chi connectivity index (χ4n) is 2.91. The first-order valence-corrected chi connectivity index (χ1v) is 11.0. The van der Waals surface area contributed by atoms with E-state index in [4.69, 9.17) is 16.9 Å². The van der Waals surface area contributed by atoms with Gasteiger partial charge >= 0.3 is 0 Å². The van der Waals surface area contributed by atoms with Gasteiger partial charge in [-0.05, 0) is 54.8 Å². The first kappa shape index (κ1) is 21.0. The fourth-order valence-corrected chi connectivity index (χ4v) is 4.48. The number of sulfonamides is 1. The molecule has 5 nitrogen and oxygen atoms in total. The number of aromatic nitrogens is 1. The summed E-state index contributed by atoms with van der Waals surface area (Å²) in [6.45, 7) is 0.479. The number of benzene rings is 2. The number of rotatable bonds is 8. The van der Waals surface area contributed by atoms with E-state index in [2.05, 4.69) is 4.98 Å². The Kier molecular flexibility index (Phi) is 6.99. The second-order valence-electron chi connectivity index (χ2n) is 6.53. The Hall–Kier alpha value is -2.72. The SMILES string of the molecule is N#Cc1ccc(CN(CCCc2ccccc2)S(=O)(=O)c2ccc(Cl)cc2)nc1. The lowest BCUT2D eigenvalue weighted by atomic mass is 10.1. The van der Waals surface area contributed by atoms with Gasteiger partial charge in [-0.25, -0.2) is 8.42 Å². The van der Waals surface area contributed by atoms with Crippen LogP contribution in [-0.2, 0) is 23.0 Å². The molecular weight excluding hydrogens is 406 g/mol. The summed E-state index contributed by atoms with van der Waals surface area (Å²) >= 11 is 5.91. The van der Waals surface area contributed by atoms with Crippen molar-refractivity contribution in [3.8, 4) is 6.07 Å². The van der Waals surface area contributed by atoms with Crippen LogP contribution in [0.15, 0.2) is 77.8 Å². The molecule has 1 heterocycles. The van der Waals surface area contributed by atoms with Crippen LogP contribution in [-0.4, -0.2) is 24.3 Å². The molecule has 3 aromatic rings. The highest BCUT2D eigenvalue weighted by Crippen LogP contribution is 2.21. The molecule has 3 rings (SSSR count). The Balaban J connectivity index is 1.81. The van der Waals surface area contributed by atoms with Crippen LogP contribution in [0.2, 0.25) is 5.02 Å². The van der Waals surface area contributed by atoms with E-state index in [1.165, 1.54) is 22.6 Å². The van der Waals surface area contributed by atoms with E-state index < -0.39 is 10.0 Å². The zero-order valence-corrected chi connectivity index (χ0v) is 17.3. The molecule has 0 saturated heterocycles. The van der Waals surface area contributed by atoms with E-state index in [9.17, 15) is 8.42 Å². The molecule has 0 unspecified atom stereocenters. The number of hydrogen-bond donors (Lipinski definition) is 0. The minimum Gasteiger partial charge on any atom is -0.259 e. The number of nitrogens with zero attached hydrogens (tertiary/aromatic N) is 3. The first-order valence-electron chi connectivity index (χ1n) is 9.14. The van der Waals surface area contributed by atoms with E-state index in [0.717, 1.165) is 12.0 Å². The maximum Gasteiger partial charge on any atom is 0.243 e. The summed E-state index contributed by atoms with van der Waals surface area (Å²) in [6.07, 6.45) is 2.90. The van der Waals surface area contributed by atoms with Crippen molar-refractivity contribution in [2.24, 2.45) is 0 Å². The van der Waals surface area contributed by atoms with Gasteiger partial charge in [0.15, 0.2) is 0 Å². The zero-order valence-electron chi connectivity index (χ0n) is 15.7. The van der Waals surface area contributed by atoms with Crippen LogP contribution >= 0.6 is 11.6 Å². The highest BCUT2D eigenvalue weighted by atomic mass is 35.5. The minimum absolute atomic E-state index is 0.130. The lowest BCUT2D eigenvalue weighted by molar-refractivity contribution is 0.395. The molecule has 148 valence electrons. The number of halogens is 1. The maximum atomic E-state index is 13.2. The smallest absolute Gasteiger partial charge is 0.243 e. The van der Waals surface area contributed by atoms with Crippen molar-refractivity contribution in [1.29, 1.82) is 5.26 Å². The van der Waals surface area contributed by atoms with Crippen molar-refractivity contribution in [2.45, 2.75) is 24.3 Å². The number of nitriles is 1. The van der Waals surface area contributed by atoms with E-state index in [1.807, 2.05) is 36.4 Å². The molecule has 1 aromatic heterocycles. The second-order valence-corrected chi connectivity index (χ2v) is 8.91. The van der Waals surface area contributed by atoms with Crippen molar-refractivity contribution in [1.82, 2.24) is 9.29 Å². The molecule has 0 bridgehead atoms. The summed E-state index contributed by atoms with van der Waals surface area (Å²) < 4.78 is 27.9. The van der Waals surface area contributed by atoms with Crippen LogP contribution in [0.3, 0.4) is 0 Å². The molecule has 0 radical (unpaired) electrons. The lowest BCUT2D eigenvalue weighted by Crippen LogP contribution is -2.32. The van der Waals surface area contributed by atoms with Gasteiger partial charge in [0.05, 0.1) is 22.7 Å². The molecule has 0 N–H and O–H groups in total. The standard InChI is InChI=1S/C22H20ClN3O2S/c23-20-9-12-22(13-10-20)29(27,28)26(14-4-7-18-5-2-1-3-6-18)17-21-11-8-19(15-24)16-25-21/h1-3,5-6,8-13,16H,4,7,14,17H2. The number of pyridine rings is 1. The van der Waals surface area contributed by atoms with Crippen molar-refractivity contribution in [2.75, 3.05) is 6.54 Å². The summed E-state index contributed by atoms with van der Waals surface area (Å²) in [6, 6.07) is 21.4. The van der Waals surface area contributed by atoms with Gasteiger partial charge in [0.1, 0.15) is 6.07 Å². The van der Waals surface area contributed by atoms with Gasteiger partial charge in [-0.2, -0.15) is 9.57 Å². The summed E-state index contributed by atoms with van der Waals surface area (Å²) in [7, 11) is -3.72. The average Bonchev–Trinajstić information content (AvgIpc) is 2.74. The zero-order chi connectivity index (χ0) is 20.7. The van der Waals surface area contributed by atoms with Crippen LogP contribution in [0.1, 0.15) is 23.2 Å². The maximum absolute atomic E-state index is 13.2. The molecule has 0 saturated carbocycles. The fraction of sp³-hybridized carbons (Fsp3) is 0.182. The van der Waals surface area contributed by atoms with E-state index in [-0.39, 0.29) is 11.4 Å². The Bertz CT molecular complexity index is 1080. The normalized spacial score (nSPS) is 11.3. The van der Waals surface area contributed by atoms with Crippen LogP contribution in [0.25, 0.3) is 0 Å². The van der Waals surface area contributed by atoms with Crippen molar-refractivity contribution < 1.29 is 8.42 Å². The Morgan fingerprint density at radius 3 is 2.34 bits per heavy atom. The van der Waals surface area contributed by atoms with Crippen LogP contribution in [0, 0.1) is 11.3 Å². The topological polar surface area (TPSA) is 74.1 Å². The van der Waals surface area contributed by atoms with Gasteiger partial charge in [-0.1, -0.05) is 41.9 Å². The Morgan fingerprint density at radius 2 is 1.72 bits per heavy atom. The average molecular weight is 426 g/mol. The highest BCUT2D eigenvalue weighted by molar-refractivity contribution is 7.89. The molecular formula is C22H20ClN3O2S. The summed E-state index contributed by atoms with van der Waals surface area (Å²) in [4.78, 5) is 4.42. The van der Waals surface area contributed by atoms with E-state index >= 15 is 0 Å². The second kappa shape index (κ2) is 9.66. The lowest BCUT2D eigenvalue weighted by Gasteiger charge is -2.22. The predicted molar refractivity (Wildman–Crippen MR) is 113 cm³/mol. The quantitative estimate of drug-likeness (QED) is 0.535. The van der Waals surface area contributed by atoms with Gasteiger partial charge in [-0.3, -0.25) is 4.98 Å². The molecule has 0 amide bonds. The van der Waals surface area contributed by atoms with Gasteiger partial charge in [0.25, 0.3) is 0 Å². The summed E-state index contributed by atoms with van der Waals surface area (Å²) in [5, 5.41) is 9.41. The van der Waals surface area contributed by atoms with Gasteiger partial charge in [0.2, 0.25) is 10.0 Å². The summed E-state index contributed by atoms with van der Waals surface area (Å²) in [5.74, 6) is 0. The number of hydrogen-bond acceptors (Lipinski definition) is 4. The Morgan fingerprint density at radius 1 is 1.00 bits per heavy atom. The predicted octanol–water partition coefficient (Wildman–Crippen LogP) is 4.43. The van der Waals surface area contributed by atoms with Gasteiger partial charge in [-0.15, -0.1) is 0 Å². The molecule has 0 atom stereocenters. The van der Waals surface area contributed by atoms with Crippen molar-refractivity contribution in [3.63, 3.8) is 0 Å². The van der Waals surface area contributed by atoms with Crippen LogP contribution in [0.4, 0.5) is 0 Å². The van der Waals surface area contributed by atoms with Crippen LogP contribution in [0.5, 0.6) is 0 Å². The minimum atomic E-state index is -3.72. The third-order valence-electron chi connectivity index (χ3n) is 4.46. The van der Waals surface area contributed by atoms with Crippen LogP contribution < -0.4 is 0 Å². The molecule has 7 heteroatoms. The van der Waals surface area contributed by atoms with E-state index in [1.54, 1.807) is 24.3 Å². The molecule has 0 aliphatic carbocycles. The number of aryl methyl sites for hydroxylation is 1. The van der Waals surface area contributed by atoms with Gasteiger partial charge in [0, 0.05) is 17.8 Å². The first-order chi connectivity index (χ1) is 14.0.